The van der Waals surface area contributed by atoms with Crippen molar-refractivity contribution in [3.63, 3.8) is 0 Å². The summed E-state index contributed by atoms with van der Waals surface area (Å²) in [5, 5.41) is 0.921. The van der Waals surface area contributed by atoms with E-state index in [1.165, 1.54) is 5.56 Å². The first kappa shape index (κ1) is 15.1. The Hall–Kier alpha value is -2.81. The van der Waals surface area contributed by atoms with Gasteiger partial charge in [-0.3, -0.25) is 0 Å². The molecule has 1 heterocycles. The fraction of sp³-hybridized carbons (Fsp3) is 0.150. The van der Waals surface area contributed by atoms with Crippen molar-refractivity contribution in [1.82, 2.24) is 4.98 Å². The number of esters is 1. The average Bonchev–Trinajstić information content (AvgIpc) is 2.96. The Labute approximate surface area is 135 Å². The number of benzene rings is 2. The molecule has 0 aliphatic heterocycles. The molecule has 0 spiro atoms. The molecule has 0 aliphatic carbocycles. The molecule has 0 unspecified atom stereocenters. The van der Waals surface area contributed by atoms with E-state index in [0.29, 0.717) is 17.9 Å². The summed E-state index contributed by atoms with van der Waals surface area (Å²) in [5.74, 6) is -0.311. The van der Waals surface area contributed by atoms with Gasteiger partial charge in [0.25, 0.3) is 0 Å². The lowest BCUT2D eigenvalue weighted by molar-refractivity contribution is 0.0528. The number of ether oxygens (including phenoxy) is 1. The van der Waals surface area contributed by atoms with Gasteiger partial charge in [0.1, 0.15) is 0 Å². The zero-order chi connectivity index (χ0) is 16.2. The summed E-state index contributed by atoms with van der Waals surface area (Å²) < 4.78 is 5.24. The van der Waals surface area contributed by atoms with E-state index in [1.54, 1.807) is 6.08 Å². The fourth-order valence-electron chi connectivity index (χ4n) is 2.87. The van der Waals surface area contributed by atoms with Crippen LogP contribution in [0.4, 0.5) is 0 Å². The van der Waals surface area contributed by atoms with Crippen molar-refractivity contribution in [1.29, 1.82) is 0 Å². The first-order chi connectivity index (χ1) is 11.2. The number of carbonyl (C=O) groups is 1. The van der Waals surface area contributed by atoms with E-state index in [2.05, 4.69) is 29.8 Å². The van der Waals surface area contributed by atoms with Crippen LogP contribution in [0.2, 0.25) is 0 Å². The van der Waals surface area contributed by atoms with Crippen LogP contribution in [0, 0.1) is 0 Å². The summed E-state index contributed by atoms with van der Waals surface area (Å²) >= 11 is 0. The van der Waals surface area contributed by atoms with Crippen LogP contribution in [-0.2, 0) is 11.2 Å². The minimum Gasteiger partial charge on any atom is -0.462 e. The van der Waals surface area contributed by atoms with Crippen LogP contribution in [0.15, 0.2) is 55.1 Å². The van der Waals surface area contributed by atoms with Gasteiger partial charge < -0.3 is 9.72 Å². The third-order valence-electron chi connectivity index (χ3n) is 3.86. The van der Waals surface area contributed by atoms with Crippen molar-refractivity contribution in [2.45, 2.75) is 13.3 Å². The smallest absolute Gasteiger partial charge is 0.340 e. The maximum atomic E-state index is 12.4. The third-order valence-corrected chi connectivity index (χ3v) is 3.86. The zero-order valence-electron chi connectivity index (χ0n) is 13.1. The maximum Gasteiger partial charge on any atom is 0.340 e. The first-order valence-corrected chi connectivity index (χ1v) is 7.71. The van der Waals surface area contributed by atoms with Crippen molar-refractivity contribution in [2.75, 3.05) is 6.61 Å². The SMILES string of the molecule is C=Cc1[nH]c2cccc(Cc3ccccc3)c2c1C(=O)OCC. The van der Waals surface area contributed by atoms with Gasteiger partial charge in [0.15, 0.2) is 0 Å². The van der Waals surface area contributed by atoms with E-state index in [9.17, 15) is 4.79 Å². The number of rotatable bonds is 5. The third kappa shape index (κ3) is 2.90. The van der Waals surface area contributed by atoms with Gasteiger partial charge in [-0.05, 0) is 36.6 Å². The van der Waals surface area contributed by atoms with E-state index < -0.39 is 0 Å². The van der Waals surface area contributed by atoms with Crippen LogP contribution in [-0.4, -0.2) is 17.6 Å². The average molecular weight is 305 g/mol. The molecule has 116 valence electrons. The predicted molar refractivity (Wildman–Crippen MR) is 93.6 cm³/mol. The van der Waals surface area contributed by atoms with Crippen LogP contribution in [0.25, 0.3) is 17.0 Å². The highest BCUT2D eigenvalue weighted by Crippen LogP contribution is 2.29. The van der Waals surface area contributed by atoms with Crippen molar-refractivity contribution in [3.8, 4) is 0 Å². The highest BCUT2D eigenvalue weighted by molar-refractivity contribution is 6.08. The predicted octanol–water partition coefficient (Wildman–Crippen LogP) is 4.58. The van der Waals surface area contributed by atoms with Crippen molar-refractivity contribution < 1.29 is 9.53 Å². The van der Waals surface area contributed by atoms with Gasteiger partial charge in [0, 0.05) is 10.9 Å². The van der Waals surface area contributed by atoms with Crippen molar-refractivity contribution in [3.05, 3.63) is 77.5 Å². The van der Waals surface area contributed by atoms with Gasteiger partial charge in [0.2, 0.25) is 0 Å². The van der Waals surface area contributed by atoms with Gasteiger partial charge in [0.05, 0.1) is 17.9 Å². The second-order valence-corrected chi connectivity index (χ2v) is 5.34. The van der Waals surface area contributed by atoms with Crippen LogP contribution >= 0.6 is 0 Å². The Morgan fingerprint density at radius 2 is 1.96 bits per heavy atom. The van der Waals surface area contributed by atoms with Crippen LogP contribution in [0.3, 0.4) is 0 Å². The van der Waals surface area contributed by atoms with Crippen molar-refractivity contribution in [2.24, 2.45) is 0 Å². The lowest BCUT2D eigenvalue weighted by atomic mass is 9.98. The number of nitrogens with one attached hydrogen (secondary N) is 1. The van der Waals surface area contributed by atoms with Gasteiger partial charge in [-0.2, -0.15) is 0 Å². The molecule has 0 atom stereocenters. The molecule has 0 saturated carbocycles. The van der Waals surface area contributed by atoms with E-state index >= 15 is 0 Å². The molecule has 0 fully saturated rings. The molecule has 0 radical (unpaired) electrons. The largest absolute Gasteiger partial charge is 0.462 e. The standard InChI is InChI=1S/C20H19NO2/c1-3-16-19(20(22)23-4-2)18-15(11-8-12-17(18)21-16)13-14-9-6-5-7-10-14/h3,5-12,21H,1,4,13H2,2H3. The number of hydrogen-bond donors (Lipinski definition) is 1. The Morgan fingerprint density at radius 1 is 1.17 bits per heavy atom. The number of H-pyrrole nitrogens is 1. The minimum absolute atomic E-state index is 0.311. The Morgan fingerprint density at radius 3 is 2.65 bits per heavy atom. The summed E-state index contributed by atoms with van der Waals surface area (Å²) in [6.45, 7) is 5.96. The highest BCUT2D eigenvalue weighted by Gasteiger charge is 2.20. The first-order valence-electron chi connectivity index (χ1n) is 7.71. The van der Waals surface area contributed by atoms with E-state index in [1.807, 2.05) is 37.3 Å². The molecule has 0 bridgehead atoms. The normalized spacial score (nSPS) is 10.7. The number of carbonyl (C=O) groups excluding carboxylic acids is 1. The fourth-order valence-corrected chi connectivity index (χ4v) is 2.87. The summed E-state index contributed by atoms with van der Waals surface area (Å²) in [7, 11) is 0. The molecule has 3 heteroatoms. The van der Waals surface area contributed by atoms with Crippen LogP contribution in [0.5, 0.6) is 0 Å². The number of hydrogen-bond acceptors (Lipinski definition) is 2. The molecule has 1 aromatic heterocycles. The number of aromatic amines is 1. The molecule has 0 saturated heterocycles. The Balaban J connectivity index is 2.16. The molecule has 1 N–H and O–H groups in total. The highest BCUT2D eigenvalue weighted by atomic mass is 16.5. The maximum absolute atomic E-state index is 12.4. The zero-order valence-corrected chi connectivity index (χ0v) is 13.1. The van der Waals surface area contributed by atoms with Crippen LogP contribution in [0.1, 0.15) is 34.1 Å². The van der Waals surface area contributed by atoms with E-state index in [0.717, 1.165) is 22.9 Å². The molecule has 3 aromatic rings. The summed E-state index contributed by atoms with van der Waals surface area (Å²) in [6, 6.07) is 16.2. The van der Waals surface area contributed by atoms with E-state index in [-0.39, 0.29) is 5.97 Å². The summed E-state index contributed by atoms with van der Waals surface area (Å²) in [4.78, 5) is 15.7. The quantitative estimate of drug-likeness (QED) is 0.701. The minimum atomic E-state index is -0.311. The monoisotopic (exact) mass is 305 g/mol. The second kappa shape index (κ2) is 6.53. The molecule has 23 heavy (non-hydrogen) atoms. The Kier molecular flexibility index (Phi) is 4.29. The molecular weight excluding hydrogens is 286 g/mol. The van der Waals surface area contributed by atoms with Gasteiger partial charge in [-0.25, -0.2) is 4.79 Å². The van der Waals surface area contributed by atoms with Gasteiger partial charge in [-0.1, -0.05) is 49.0 Å². The van der Waals surface area contributed by atoms with Gasteiger partial charge in [-0.15, -0.1) is 0 Å². The summed E-state index contributed by atoms with van der Waals surface area (Å²) in [5.41, 5.74) is 4.51. The Bertz CT molecular complexity index is 847. The topological polar surface area (TPSA) is 42.1 Å². The summed E-state index contributed by atoms with van der Waals surface area (Å²) in [6.07, 6.45) is 2.43. The molecule has 3 nitrogen and oxygen atoms in total. The second-order valence-electron chi connectivity index (χ2n) is 5.34. The molecule has 0 amide bonds. The lowest BCUT2D eigenvalue weighted by Gasteiger charge is -2.07. The van der Waals surface area contributed by atoms with E-state index in [4.69, 9.17) is 4.74 Å². The lowest BCUT2D eigenvalue weighted by Crippen LogP contribution is -2.06. The van der Waals surface area contributed by atoms with Gasteiger partial charge >= 0.3 is 5.97 Å². The molecule has 2 aromatic carbocycles. The molecule has 0 aliphatic rings. The van der Waals surface area contributed by atoms with Crippen LogP contribution < -0.4 is 0 Å². The molecular formula is C20H19NO2. The number of aromatic nitrogens is 1. The molecule has 3 rings (SSSR count). The van der Waals surface area contributed by atoms with Crippen molar-refractivity contribution >= 4 is 22.9 Å². The number of fused-ring (bicyclic) bond motifs is 1.